The number of rotatable bonds is 4. The maximum absolute atomic E-state index is 14.7. The minimum absolute atomic E-state index is 0.110. The van der Waals surface area contributed by atoms with Gasteiger partial charge in [0.15, 0.2) is 0 Å². The Morgan fingerprint density at radius 1 is 1.22 bits per heavy atom. The average Bonchev–Trinajstić information content (AvgIpc) is 3.43. The molecule has 0 unspecified atom stereocenters. The predicted octanol–water partition coefficient (Wildman–Crippen LogP) is 4.24. The van der Waals surface area contributed by atoms with Crippen LogP contribution >= 0.6 is 11.6 Å². The number of aliphatic hydroxyl groups is 1. The van der Waals surface area contributed by atoms with Gasteiger partial charge in [0.05, 0.1) is 10.6 Å². The molecule has 27 heavy (non-hydrogen) atoms. The van der Waals surface area contributed by atoms with E-state index >= 15 is 0 Å². The molecule has 4 rings (SSSR count). The fourth-order valence-corrected chi connectivity index (χ4v) is 5.16. The number of benzene rings is 1. The van der Waals surface area contributed by atoms with E-state index in [2.05, 4.69) is 5.32 Å². The van der Waals surface area contributed by atoms with Crippen molar-refractivity contribution < 1.29 is 14.3 Å². The van der Waals surface area contributed by atoms with Crippen LogP contribution in [0.15, 0.2) is 18.2 Å². The monoisotopic (exact) mass is 394 g/mol. The van der Waals surface area contributed by atoms with E-state index in [-0.39, 0.29) is 22.3 Å². The number of nitrogens with zero attached hydrogens (tertiary/aromatic N) is 1. The van der Waals surface area contributed by atoms with Gasteiger partial charge in [0.1, 0.15) is 5.82 Å². The standard InChI is InChI=1S/C21H28ClFN2O2/c22-17-5-3-4-16(18(17)23)20(8-1-2-9-20)14-24-19(26)25-12-10-21(27,11-13-25)15-6-7-15/h3-5,15,27H,1-2,6-14H2,(H,24,26). The summed E-state index contributed by atoms with van der Waals surface area (Å²) in [4.78, 5) is 14.5. The van der Waals surface area contributed by atoms with Crippen LogP contribution in [0.3, 0.4) is 0 Å². The van der Waals surface area contributed by atoms with Crippen LogP contribution in [0.1, 0.15) is 56.9 Å². The zero-order chi connectivity index (χ0) is 19.1. The molecular weight excluding hydrogens is 367 g/mol. The highest BCUT2D eigenvalue weighted by Crippen LogP contribution is 2.45. The van der Waals surface area contributed by atoms with Crippen molar-refractivity contribution in [2.45, 2.75) is 62.4 Å². The van der Waals surface area contributed by atoms with Crippen LogP contribution in [0.25, 0.3) is 0 Å². The van der Waals surface area contributed by atoms with Gasteiger partial charge in [0.2, 0.25) is 0 Å². The van der Waals surface area contributed by atoms with E-state index in [4.69, 9.17) is 11.6 Å². The molecule has 2 amide bonds. The van der Waals surface area contributed by atoms with Gasteiger partial charge in [-0.25, -0.2) is 9.18 Å². The summed E-state index contributed by atoms with van der Waals surface area (Å²) in [6.07, 6.45) is 7.28. The number of hydrogen-bond acceptors (Lipinski definition) is 2. The van der Waals surface area contributed by atoms with Gasteiger partial charge in [-0.1, -0.05) is 36.6 Å². The molecule has 1 saturated heterocycles. The molecular formula is C21H28ClFN2O2. The predicted molar refractivity (Wildman–Crippen MR) is 103 cm³/mol. The minimum Gasteiger partial charge on any atom is -0.389 e. The quantitative estimate of drug-likeness (QED) is 0.802. The summed E-state index contributed by atoms with van der Waals surface area (Å²) in [5.74, 6) is 0.0676. The second-order valence-corrected chi connectivity index (χ2v) is 9.02. The number of piperidine rings is 1. The molecule has 0 spiro atoms. The molecule has 1 aromatic carbocycles. The summed E-state index contributed by atoms with van der Waals surface area (Å²) in [5, 5.41) is 13.8. The molecule has 148 valence electrons. The second-order valence-electron chi connectivity index (χ2n) is 8.61. The highest BCUT2D eigenvalue weighted by Gasteiger charge is 2.46. The Labute approximate surface area is 165 Å². The van der Waals surface area contributed by atoms with Crippen molar-refractivity contribution in [2.24, 2.45) is 5.92 Å². The summed E-state index contributed by atoms with van der Waals surface area (Å²) in [7, 11) is 0. The lowest BCUT2D eigenvalue weighted by atomic mass is 9.78. The van der Waals surface area contributed by atoms with Crippen molar-refractivity contribution in [3.05, 3.63) is 34.6 Å². The topological polar surface area (TPSA) is 52.6 Å². The molecule has 0 atom stereocenters. The van der Waals surface area contributed by atoms with Crippen molar-refractivity contribution in [2.75, 3.05) is 19.6 Å². The van der Waals surface area contributed by atoms with Gasteiger partial charge < -0.3 is 15.3 Å². The first-order valence-electron chi connectivity index (χ1n) is 10.1. The summed E-state index contributed by atoms with van der Waals surface area (Å²) >= 11 is 6.00. The fraction of sp³-hybridized carbons (Fsp3) is 0.667. The van der Waals surface area contributed by atoms with E-state index in [9.17, 15) is 14.3 Å². The maximum atomic E-state index is 14.7. The van der Waals surface area contributed by atoms with Crippen LogP contribution in [-0.4, -0.2) is 41.3 Å². The molecule has 3 fully saturated rings. The Morgan fingerprint density at radius 3 is 2.52 bits per heavy atom. The van der Waals surface area contributed by atoms with Crippen molar-refractivity contribution in [1.82, 2.24) is 10.2 Å². The Morgan fingerprint density at radius 2 is 1.89 bits per heavy atom. The molecule has 0 aromatic heterocycles. The Kier molecular flexibility index (Phi) is 5.10. The van der Waals surface area contributed by atoms with Crippen molar-refractivity contribution >= 4 is 17.6 Å². The molecule has 0 radical (unpaired) electrons. The third-order valence-corrected chi connectivity index (χ3v) is 7.21. The molecule has 6 heteroatoms. The fourth-order valence-electron chi connectivity index (χ4n) is 4.99. The number of carbonyl (C=O) groups is 1. The van der Waals surface area contributed by atoms with Gasteiger partial charge in [-0.3, -0.25) is 0 Å². The van der Waals surface area contributed by atoms with E-state index in [0.29, 0.717) is 44.0 Å². The van der Waals surface area contributed by atoms with Crippen LogP contribution in [0.5, 0.6) is 0 Å². The Bertz CT molecular complexity index is 708. The van der Waals surface area contributed by atoms with E-state index in [1.807, 2.05) is 0 Å². The minimum atomic E-state index is -0.576. The molecule has 1 aromatic rings. The van der Waals surface area contributed by atoms with Gasteiger partial charge in [-0.2, -0.15) is 0 Å². The Hall–Kier alpha value is -1.33. The highest BCUT2D eigenvalue weighted by molar-refractivity contribution is 6.30. The molecule has 2 N–H and O–H groups in total. The number of carbonyl (C=O) groups excluding carboxylic acids is 1. The third-order valence-electron chi connectivity index (χ3n) is 6.92. The zero-order valence-corrected chi connectivity index (χ0v) is 16.4. The smallest absolute Gasteiger partial charge is 0.317 e. The number of amides is 2. The third kappa shape index (κ3) is 3.68. The summed E-state index contributed by atoms with van der Waals surface area (Å²) in [6, 6.07) is 5.04. The first-order valence-corrected chi connectivity index (χ1v) is 10.5. The Balaban J connectivity index is 1.40. The van der Waals surface area contributed by atoms with Crippen molar-refractivity contribution in [1.29, 1.82) is 0 Å². The first kappa shape index (κ1) is 19.0. The second kappa shape index (κ2) is 7.25. The van der Waals surface area contributed by atoms with Gasteiger partial charge in [-0.05, 0) is 56.1 Å². The van der Waals surface area contributed by atoms with Crippen LogP contribution in [0.2, 0.25) is 5.02 Å². The van der Waals surface area contributed by atoms with Gasteiger partial charge >= 0.3 is 6.03 Å². The van der Waals surface area contributed by atoms with E-state index < -0.39 is 5.60 Å². The van der Waals surface area contributed by atoms with Gasteiger partial charge in [-0.15, -0.1) is 0 Å². The lowest BCUT2D eigenvalue weighted by molar-refractivity contribution is -0.0307. The van der Waals surface area contributed by atoms with Gasteiger partial charge in [0, 0.05) is 25.0 Å². The largest absolute Gasteiger partial charge is 0.389 e. The molecule has 1 heterocycles. The molecule has 3 aliphatic rings. The number of urea groups is 1. The molecule has 2 saturated carbocycles. The van der Waals surface area contributed by atoms with Crippen LogP contribution in [0, 0.1) is 11.7 Å². The van der Waals surface area contributed by atoms with Crippen molar-refractivity contribution in [3.8, 4) is 0 Å². The van der Waals surface area contributed by atoms with Crippen LogP contribution in [-0.2, 0) is 5.41 Å². The van der Waals surface area contributed by atoms with Crippen LogP contribution in [0.4, 0.5) is 9.18 Å². The number of nitrogens with one attached hydrogen (secondary N) is 1. The average molecular weight is 395 g/mol. The summed E-state index contributed by atoms with van der Waals surface area (Å²) < 4.78 is 14.7. The lowest BCUT2D eigenvalue weighted by Gasteiger charge is -2.39. The van der Waals surface area contributed by atoms with Gasteiger partial charge in [0.25, 0.3) is 0 Å². The van der Waals surface area contributed by atoms with Crippen LogP contribution < -0.4 is 5.32 Å². The highest BCUT2D eigenvalue weighted by atomic mass is 35.5. The maximum Gasteiger partial charge on any atom is 0.317 e. The van der Waals surface area contributed by atoms with E-state index in [1.165, 1.54) is 0 Å². The number of likely N-dealkylation sites (tertiary alicyclic amines) is 1. The lowest BCUT2D eigenvalue weighted by Crippen LogP contribution is -2.52. The SMILES string of the molecule is O=C(NCC1(c2cccc(Cl)c2F)CCCC1)N1CCC(O)(C2CC2)CC1. The summed E-state index contributed by atoms with van der Waals surface area (Å²) in [6.45, 7) is 1.58. The summed E-state index contributed by atoms with van der Waals surface area (Å²) in [5.41, 5.74) is -0.336. The van der Waals surface area contributed by atoms with E-state index in [0.717, 1.165) is 38.5 Å². The molecule has 4 nitrogen and oxygen atoms in total. The molecule has 0 bridgehead atoms. The number of hydrogen-bond donors (Lipinski definition) is 2. The van der Waals surface area contributed by atoms with Crippen molar-refractivity contribution in [3.63, 3.8) is 0 Å². The normalized spacial score (nSPS) is 24.0. The first-order chi connectivity index (χ1) is 12.9. The molecule has 2 aliphatic carbocycles. The zero-order valence-electron chi connectivity index (χ0n) is 15.6. The molecule has 1 aliphatic heterocycles. The number of halogens is 2. The van der Waals surface area contributed by atoms with E-state index in [1.54, 1.807) is 23.1 Å².